The van der Waals surface area contributed by atoms with E-state index in [-0.39, 0.29) is 5.91 Å². The summed E-state index contributed by atoms with van der Waals surface area (Å²) >= 11 is 0. The lowest BCUT2D eigenvalue weighted by Gasteiger charge is -2.11. The number of rotatable bonds is 6. The zero-order valence-electron chi connectivity index (χ0n) is 11.0. The summed E-state index contributed by atoms with van der Waals surface area (Å²) in [4.78, 5) is 17.2. The van der Waals surface area contributed by atoms with Gasteiger partial charge in [0, 0.05) is 54.8 Å². The normalized spacial score (nSPS) is 11.9. The second-order valence-corrected chi connectivity index (χ2v) is 5.85. The summed E-state index contributed by atoms with van der Waals surface area (Å²) in [6, 6.07) is 3.50. The van der Waals surface area contributed by atoms with Crippen molar-refractivity contribution in [2.24, 2.45) is 0 Å². The number of nitrogens with one attached hydrogen (secondary N) is 1. The smallest absolute Gasteiger partial charge is 0.272 e. The number of hydrogen-bond acceptors (Lipinski definition) is 4. The van der Waals surface area contributed by atoms with Gasteiger partial charge in [0.25, 0.3) is 5.91 Å². The van der Waals surface area contributed by atoms with E-state index in [1.165, 1.54) is 4.90 Å². The van der Waals surface area contributed by atoms with Crippen LogP contribution in [0.2, 0.25) is 0 Å². The third-order valence-corrected chi connectivity index (χ3v) is 3.67. The fourth-order valence-electron chi connectivity index (χ4n) is 1.34. The monoisotopic (exact) mass is 269 g/mol. The van der Waals surface area contributed by atoms with E-state index in [1.807, 2.05) is 6.92 Å². The molecule has 0 bridgehead atoms. The molecule has 1 unspecified atom stereocenters. The van der Waals surface area contributed by atoms with E-state index in [4.69, 9.17) is 0 Å². The molecule has 100 valence electrons. The largest absolute Gasteiger partial charge is 0.384 e. The fraction of sp³-hybridized carbons (Fsp3) is 0.500. The fourth-order valence-corrected chi connectivity index (χ4v) is 1.96. The van der Waals surface area contributed by atoms with Crippen LogP contribution < -0.4 is 5.32 Å². The molecule has 18 heavy (non-hydrogen) atoms. The first kappa shape index (κ1) is 14.6. The highest BCUT2D eigenvalue weighted by Gasteiger charge is 2.09. The van der Waals surface area contributed by atoms with Crippen molar-refractivity contribution >= 4 is 22.4 Å². The maximum absolute atomic E-state index is 11.7. The summed E-state index contributed by atoms with van der Waals surface area (Å²) in [5, 5.41) is 3.14. The molecular formula is C12H19N3O2S. The molecule has 0 saturated carbocycles. The molecule has 0 radical (unpaired) electrons. The predicted octanol–water partition coefficient (Wildman–Crippen LogP) is 0.964. The third kappa shape index (κ3) is 4.44. The highest BCUT2D eigenvalue weighted by molar-refractivity contribution is 7.84. The minimum atomic E-state index is -0.775. The van der Waals surface area contributed by atoms with Crippen LogP contribution in [0, 0.1) is 0 Å². The van der Waals surface area contributed by atoms with Crippen LogP contribution in [0.3, 0.4) is 0 Å². The Morgan fingerprint density at radius 2 is 2.22 bits per heavy atom. The summed E-state index contributed by atoms with van der Waals surface area (Å²) in [5.41, 5.74) is 1.23. The topological polar surface area (TPSA) is 62.3 Å². The third-order valence-electron chi connectivity index (χ3n) is 2.37. The SMILES string of the molecule is CCS(=O)CCNc1ccnc(C(=O)N(C)C)c1. The van der Waals surface area contributed by atoms with Crippen molar-refractivity contribution in [1.82, 2.24) is 9.88 Å². The van der Waals surface area contributed by atoms with Gasteiger partial charge in [-0.25, -0.2) is 0 Å². The first-order valence-corrected chi connectivity index (χ1v) is 7.30. The van der Waals surface area contributed by atoms with Crippen molar-refractivity contribution in [1.29, 1.82) is 0 Å². The zero-order chi connectivity index (χ0) is 13.5. The number of anilines is 1. The number of carbonyl (C=O) groups is 1. The Kier molecular flexibility index (Phi) is 5.77. The highest BCUT2D eigenvalue weighted by atomic mass is 32.2. The Morgan fingerprint density at radius 3 is 2.83 bits per heavy atom. The van der Waals surface area contributed by atoms with Crippen molar-refractivity contribution in [2.75, 3.05) is 37.5 Å². The van der Waals surface area contributed by atoms with Crippen LogP contribution in [0.5, 0.6) is 0 Å². The van der Waals surface area contributed by atoms with Crippen molar-refractivity contribution in [2.45, 2.75) is 6.92 Å². The van der Waals surface area contributed by atoms with Gasteiger partial charge in [0.1, 0.15) is 5.69 Å². The molecule has 1 aromatic rings. The summed E-state index contributed by atoms with van der Waals surface area (Å²) in [6.07, 6.45) is 1.59. The molecule has 0 saturated heterocycles. The molecule has 0 fully saturated rings. The first-order chi connectivity index (χ1) is 8.54. The van der Waals surface area contributed by atoms with Crippen LogP contribution in [-0.4, -0.2) is 52.1 Å². The van der Waals surface area contributed by atoms with Gasteiger partial charge in [-0.3, -0.25) is 14.0 Å². The molecular weight excluding hydrogens is 250 g/mol. The van der Waals surface area contributed by atoms with E-state index in [9.17, 15) is 9.00 Å². The van der Waals surface area contributed by atoms with Crippen LogP contribution >= 0.6 is 0 Å². The lowest BCUT2D eigenvalue weighted by Crippen LogP contribution is -2.23. The van der Waals surface area contributed by atoms with Gasteiger partial charge in [-0.2, -0.15) is 0 Å². The van der Waals surface area contributed by atoms with E-state index in [2.05, 4.69) is 10.3 Å². The molecule has 0 aromatic carbocycles. The zero-order valence-corrected chi connectivity index (χ0v) is 11.8. The molecule has 1 amide bonds. The van der Waals surface area contributed by atoms with Gasteiger partial charge in [0.05, 0.1) is 0 Å². The average Bonchev–Trinajstić information content (AvgIpc) is 2.37. The van der Waals surface area contributed by atoms with Gasteiger partial charge >= 0.3 is 0 Å². The summed E-state index contributed by atoms with van der Waals surface area (Å²) in [7, 11) is 2.60. The van der Waals surface area contributed by atoms with Crippen molar-refractivity contribution < 1.29 is 9.00 Å². The molecule has 0 aliphatic carbocycles. The van der Waals surface area contributed by atoms with Gasteiger partial charge in [-0.05, 0) is 12.1 Å². The lowest BCUT2D eigenvalue weighted by molar-refractivity contribution is 0.0822. The van der Waals surface area contributed by atoms with Crippen molar-refractivity contribution in [3.63, 3.8) is 0 Å². The molecule has 6 heteroatoms. The minimum Gasteiger partial charge on any atom is -0.384 e. The summed E-state index contributed by atoms with van der Waals surface area (Å²) in [5.74, 6) is 1.15. The Labute approximate surface area is 110 Å². The Bertz CT molecular complexity index is 435. The summed E-state index contributed by atoms with van der Waals surface area (Å²) in [6.45, 7) is 2.52. The number of pyridine rings is 1. The quantitative estimate of drug-likeness (QED) is 0.835. The molecule has 5 nitrogen and oxygen atoms in total. The molecule has 1 atom stereocenters. The molecule has 0 aliphatic rings. The lowest BCUT2D eigenvalue weighted by atomic mass is 10.3. The summed E-state index contributed by atoms with van der Waals surface area (Å²) < 4.78 is 11.3. The van der Waals surface area contributed by atoms with Gasteiger partial charge in [0.15, 0.2) is 0 Å². The second-order valence-electron chi connectivity index (χ2n) is 3.99. The number of carbonyl (C=O) groups excluding carboxylic acids is 1. The minimum absolute atomic E-state index is 0.129. The Balaban J connectivity index is 2.60. The van der Waals surface area contributed by atoms with Crippen LogP contribution in [0.25, 0.3) is 0 Å². The van der Waals surface area contributed by atoms with Crippen molar-refractivity contribution in [3.05, 3.63) is 24.0 Å². The van der Waals surface area contributed by atoms with Crippen LogP contribution in [0.1, 0.15) is 17.4 Å². The molecule has 0 aliphatic heterocycles. The molecule has 0 spiro atoms. The van der Waals surface area contributed by atoms with Gasteiger partial charge in [-0.1, -0.05) is 6.92 Å². The number of amides is 1. The standard InChI is InChI=1S/C12H19N3O2S/c1-4-18(17)8-7-13-10-5-6-14-11(9-10)12(16)15(2)3/h5-6,9H,4,7-8H2,1-3H3,(H,13,14). The van der Waals surface area contributed by atoms with Crippen molar-refractivity contribution in [3.8, 4) is 0 Å². The Hall–Kier alpha value is -1.43. The van der Waals surface area contributed by atoms with Gasteiger partial charge in [-0.15, -0.1) is 0 Å². The Morgan fingerprint density at radius 1 is 1.50 bits per heavy atom. The molecule has 1 N–H and O–H groups in total. The highest BCUT2D eigenvalue weighted by Crippen LogP contribution is 2.08. The molecule has 1 aromatic heterocycles. The molecule has 1 rings (SSSR count). The van der Waals surface area contributed by atoms with Crippen LogP contribution in [0.4, 0.5) is 5.69 Å². The predicted molar refractivity (Wildman–Crippen MR) is 74.3 cm³/mol. The van der Waals surface area contributed by atoms with Gasteiger partial charge in [0.2, 0.25) is 0 Å². The van der Waals surface area contributed by atoms with Crippen LogP contribution in [0.15, 0.2) is 18.3 Å². The van der Waals surface area contributed by atoms with E-state index < -0.39 is 10.8 Å². The number of aromatic nitrogens is 1. The van der Waals surface area contributed by atoms with Gasteiger partial charge < -0.3 is 10.2 Å². The maximum Gasteiger partial charge on any atom is 0.272 e. The maximum atomic E-state index is 11.7. The van der Waals surface area contributed by atoms with E-state index >= 15 is 0 Å². The number of nitrogens with zero attached hydrogens (tertiary/aromatic N) is 2. The second kappa shape index (κ2) is 7.10. The van der Waals surface area contributed by atoms with E-state index in [1.54, 1.807) is 32.4 Å². The first-order valence-electron chi connectivity index (χ1n) is 5.81. The number of hydrogen-bond donors (Lipinski definition) is 1. The van der Waals surface area contributed by atoms with Crippen LogP contribution in [-0.2, 0) is 10.8 Å². The van der Waals surface area contributed by atoms with E-state index in [0.29, 0.717) is 23.7 Å². The van der Waals surface area contributed by atoms with E-state index in [0.717, 1.165) is 5.69 Å². The molecule has 1 heterocycles. The average molecular weight is 269 g/mol.